The van der Waals surface area contributed by atoms with Crippen molar-refractivity contribution in [3.63, 3.8) is 0 Å². The van der Waals surface area contributed by atoms with Gasteiger partial charge in [-0.15, -0.1) is 6.58 Å². The number of carbonyl (C=O) groups is 1. The van der Waals surface area contributed by atoms with Crippen molar-refractivity contribution in [1.29, 1.82) is 0 Å². The van der Waals surface area contributed by atoms with Crippen LogP contribution in [-0.2, 0) is 11.2 Å². The van der Waals surface area contributed by atoms with E-state index in [4.69, 9.17) is 0 Å². The van der Waals surface area contributed by atoms with Gasteiger partial charge in [-0.3, -0.25) is 19.9 Å². The number of H-pyrrole nitrogens is 1. The minimum Gasteiger partial charge on any atom is -0.296 e. The summed E-state index contributed by atoms with van der Waals surface area (Å²) in [6.45, 7) is 6.63. The van der Waals surface area contributed by atoms with E-state index in [2.05, 4.69) is 21.9 Å². The first-order valence-corrected chi connectivity index (χ1v) is 4.53. The van der Waals surface area contributed by atoms with Gasteiger partial charge in [-0.2, -0.15) is 0 Å². The summed E-state index contributed by atoms with van der Waals surface area (Å²) in [5, 5.41) is 2.42. The first-order valence-electron chi connectivity index (χ1n) is 4.53. The lowest BCUT2D eigenvalue weighted by Crippen LogP contribution is -2.20. The number of aryl methyl sites for hydroxylation is 1. The van der Waals surface area contributed by atoms with E-state index in [1.807, 2.05) is 0 Å². The van der Waals surface area contributed by atoms with Gasteiger partial charge in [0.15, 0.2) is 0 Å². The Balaban J connectivity index is 3.13. The van der Waals surface area contributed by atoms with Crippen LogP contribution in [0.5, 0.6) is 0 Å². The molecule has 5 heteroatoms. The fourth-order valence-corrected chi connectivity index (χ4v) is 1.22. The number of hydrogen-bond acceptors (Lipinski definition) is 3. The average molecular weight is 207 g/mol. The number of allylic oxidation sites excluding steroid dienone is 1. The maximum Gasteiger partial charge on any atom is 0.256 e. The van der Waals surface area contributed by atoms with E-state index in [0.29, 0.717) is 17.7 Å². The van der Waals surface area contributed by atoms with Crippen LogP contribution in [0.4, 0.5) is 5.95 Å². The summed E-state index contributed by atoms with van der Waals surface area (Å²) in [5.41, 5.74) is 0.924. The zero-order chi connectivity index (χ0) is 11.4. The van der Waals surface area contributed by atoms with Crippen LogP contribution in [0.3, 0.4) is 0 Å². The highest BCUT2D eigenvalue weighted by atomic mass is 16.1. The van der Waals surface area contributed by atoms with Crippen LogP contribution < -0.4 is 10.9 Å². The molecule has 15 heavy (non-hydrogen) atoms. The van der Waals surface area contributed by atoms with Gasteiger partial charge in [0, 0.05) is 12.5 Å². The van der Waals surface area contributed by atoms with Crippen molar-refractivity contribution < 1.29 is 4.79 Å². The Morgan fingerprint density at radius 1 is 1.67 bits per heavy atom. The Morgan fingerprint density at radius 3 is 2.80 bits per heavy atom. The molecule has 0 aliphatic carbocycles. The SMILES string of the molecule is C=CCc1c(C)nc(NC(C)=O)[nH]c1=O. The van der Waals surface area contributed by atoms with E-state index in [-0.39, 0.29) is 17.4 Å². The first kappa shape index (κ1) is 11.2. The molecule has 0 saturated carbocycles. The molecule has 1 heterocycles. The van der Waals surface area contributed by atoms with Crippen molar-refractivity contribution in [2.24, 2.45) is 0 Å². The summed E-state index contributed by atoms with van der Waals surface area (Å²) in [5.74, 6) is -0.0909. The second-order valence-corrected chi connectivity index (χ2v) is 3.15. The van der Waals surface area contributed by atoms with Crippen LogP contribution in [0.25, 0.3) is 0 Å². The van der Waals surface area contributed by atoms with Crippen molar-refractivity contribution in [2.45, 2.75) is 20.3 Å². The lowest BCUT2D eigenvalue weighted by Gasteiger charge is -2.05. The van der Waals surface area contributed by atoms with Crippen LogP contribution in [-0.4, -0.2) is 15.9 Å². The molecule has 5 nitrogen and oxygen atoms in total. The van der Waals surface area contributed by atoms with Gasteiger partial charge in [-0.05, 0) is 13.3 Å². The molecule has 0 atom stereocenters. The fourth-order valence-electron chi connectivity index (χ4n) is 1.22. The highest BCUT2D eigenvalue weighted by Crippen LogP contribution is 2.03. The molecular weight excluding hydrogens is 194 g/mol. The van der Waals surface area contributed by atoms with Gasteiger partial charge in [0.1, 0.15) is 0 Å². The number of anilines is 1. The summed E-state index contributed by atoms with van der Waals surface area (Å²) in [4.78, 5) is 28.8. The zero-order valence-corrected chi connectivity index (χ0v) is 8.76. The highest BCUT2D eigenvalue weighted by Gasteiger charge is 2.06. The monoisotopic (exact) mass is 207 g/mol. The molecule has 0 aliphatic rings. The zero-order valence-electron chi connectivity index (χ0n) is 8.76. The Kier molecular flexibility index (Phi) is 3.38. The van der Waals surface area contributed by atoms with Gasteiger partial charge in [0.2, 0.25) is 11.9 Å². The van der Waals surface area contributed by atoms with Crippen LogP contribution in [0, 0.1) is 6.92 Å². The van der Waals surface area contributed by atoms with Crippen LogP contribution in [0.1, 0.15) is 18.2 Å². The predicted octanol–water partition coefficient (Wildman–Crippen LogP) is 0.765. The number of amides is 1. The standard InChI is InChI=1S/C10H13N3O2/c1-4-5-8-6(2)11-10(12-7(3)14)13-9(8)15/h4H,1,5H2,2-3H3,(H2,11,12,13,14,15). The van der Waals surface area contributed by atoms with Gasteiger partial charge >= 0.3 is 0 Å². The van der Waals surface area contributed by atoms with Gasteiger partial charge in [0.05, 0.1) is 5.69 Å². The van der Waals surface area contributed by atoms with Crippen molar-refractivity contribution in [3.05, 3.63) is 34.3 Å². The van der Waals surface area contributed by atoms with Crippen LogP contribution >= 0.6 is 0 Å². The van der Waals surface area contributed by atoms with Gasteiger partial charge in [0.25, 0.3) is 5.56 Å². The summed E-state index contributed by atoms with van der Waals surface area (Å²) < 4.78 is 0. The summed E-state index contributed by atoms with van der Waals surface area (Å²) >= 11 is 0. The van der Waals surface area contributed by atoms with Crippen molar-refractivity contribution in [2.75, 3.05) is 5.32 Å². The van der Waals surface area contributed by atoms with E-state index >= 15 is 0 Å². The molecule has 80 valence electrons. The molecule has 0 bridgehead atoms. The number of rotatable bonds is 3. The minimum atomic E-state index is -0.269. The minimum absolute atomic E-state index is 0.179. The Morgan fingerprint density at radius 2 is 2.33 bits per heavy atom. The molecule has 0 spiro atoms. The maximum atomic E-state index is 11.5. The molecule has 1 aromatic rings. The van der Waals surface area contributed by atoms with Crippen molar-refractivity contribution in [1.82, 2.24) is 9.97 Å². The third-order valence-electron chi connectivity index (χ3n) is 1.87. The second kappa shape index (κ2) is 4.54. The quantitative estimate of drug-likeness (QED) is 0.719. The molecule has 0 unspecified atom stereocenters. The first-order chi connectivity index (χ1) is 7.04. The van der Waals surface area contributed by atoms with Crippen molar-refractivity contribution in [3.8, 4) is 0 Å². The molecule has 2 N–H and O–H groups in total. The van der Waals surface area contributed by atoms with Crippen LogP contribution in [0.2, 0.25) is 0 Å². The fraction of sp³-hybridized carbons (Fsp3) is 0.300. The number of nitrogens with one attached hydrogen (secondary N) is 2. The van der Waals surface area contributed by atoms with E-state index in [1.165, 1.54) is 6.92 Å². The number of hydrogen-bond donors (Lipinski definition) is 2. The predicted molar refractivity (Wildman–Crippen MR) is 57.8 cm³/mol. The number of carbonyl (C=O) groups excluding carboxylic acids is 1. The Hall–Kier alpha value is -1.91. The molecule has 0 saturated heterocycles. The molecule has 1 amide bonds. The lowest BCUT2D eigenvalue weighted by atomic mass is 10.2. The van der Waals surface area contributed by atoms with Gasteiger partial charge < -0.3 is 0 Å². The van der Waals surface area contributed by atoms with E-state index < -0.39 is 0 Å². The molecule has 1 aromatic heterocycles. The van der Waals surface area contributed by atoms with Gasteiger partial charge in [-0.25, -0.2) is 4.98 Å². The van der Waals surface area contributed by atoms with Crippen molar-refractivity contribution >= 4 is 11.9 Å². The molecular formula is C10H13N3O2. The third-order valence-corrected chi connectivity index (χ3v) is 1.87. The lowest BCUT2D eigenvalue weighted by molar-refractivity contribution is -0.114. The Labute approximate surface area is 87.2 Å². The smallest absolute Gasteiger partial charge is 0.256 e. The highest BCUT2D eigenvalue weighted by molar-refractivity contribution is 5.86. The summed E-state index contributed by atoms with van der Waals surface area (Å²) in [6.07, 6.45) is 2.10. The van der Waals surface area contributed by atoms with Gasteiger partial charge in [-0.1, -0.05) is 6.08 Å². The molecule has 0 aliphatic heterocycles. The average Bonchev–Trinajstić information content (AvgIpc) is 2.10. The summed E-state index contributed by atoms with van der Waals surface area (Å²) in [7, 11) is 0. The van der Waals surface area contributed by atoms with E-state index in [9.17, 15) is 9.59 Å². The van der Waals surface area contributed by atoms with E-state index in [1.54, 1.807) is 13.0 Å². The second-order valence-electron chi connectivity index (χ2n) is 3.15. The largest absolute Gasteiger partial charge is 0.296 e. The molecule has 0 fully saturated rings. The topological polar surface area (TPSA) is 74.8 Å². The maximum absolute atomic E-state index is 11.5. The number of nitrogens with zero attached hydrogens (tertiary/aromatic N) is 1. The van der Waals surface area contributed by atoms with E-state index in [0.717, 1.165) is 0 Å². The third kappa shape index (κ3) is 2.77. The Bertz CT molecular complexity index is 448. The number of aromatic nitrogens is 2. The molecule has 0 aromatic carbocycles. The van der Waals surface area contributed by atoms with Crippen LogP contribution in [0.15, 0.2) is 17.4 Å². The number of aromatic amines is 1. The normalized spacial score (nSPS) is 9.73. The molecule has 1 rings (SSSR count). The molecule has 0 radical (unpaired) electrons. The summed E-state index contributed by atoms with van der Waals surface area (Å²) in [6, 6.07) is 0.